The molecule has 4 heteroatoms. The summed E-state index contributed by atoms with van der Waals surface area (Å²) < 4.78 is 0. The van der Waals surface area contributed by atoms with Crippen LogP contribution in [0.1, 0.15) is 6.92 Å². The standard InChI is InChI=1S/C3H7NO2S.C3H6/c4-2(1-7)3(5)6;1-3-2/h2,7H,1,4H2,(H,5,6);3H,1H2,2H3. The van der Waals surface area contributed by atoms with Crippen LogP contribution in [0, 0.1) is 0 Å². The summed E-state index contributed by atoms with van der Waals surface area (Å²) in [6.45, 7) is 5.25. The van der Waals surface area contributed by atoms with Gasteiger partial charge in [0.2, 0.25) is 0 Å². The molecule has 0 aromatic heterocycles. The largest absolute Gasteiger partial charge is 0.480 e. The van der Waals surface area contributed by atoms with E-state index in [9.17, 15) is 4.79 Å². The summed E-state index contributed by atoms with van der Waals surface area (Å²) in [5.41, 5.74) is 4.94. The van der Waals surface area contributed by atoms with Gasteiger partial charge in [0.25, 0.3) is 0 Å². The molecule has 0 heterocycles. The van der Waals surface area contributed by atoms with Crippen molar-refractivity contribution in [3.05, 3.63) is 12.7 Å². The Labute approximate surface area is 66.3 Å². The van der Waals surface area contributed by atoms with Gasteiger partial charge in [-0.3, -0.25) is 4.79 Å². The van der Waals surface area contributed by atoms with Gasteiger partial charge in [-0.2, -0.15) is 12.6 Å². The second kappa shape index (κ2) is 8.52. The molecule has 3 nitrogen and oxygen atoms in total. The topological polar surface area (TPSA) is 63.3 Å². The molecule has 0 spiro atoms. The first-order valence-electron chi connectivity index (χ1n) is 2.76. The zero-order valence-electron chi connectivity index (χ0n) is 5.95. The van der Waals surface area contributed by atoms with Crippen LogP contribution in [0.3, 0.4) is 0 Å². The highest BCUT2D eigenvalue weighted by Crippen LogP contribution is 1.80. The van der Waals surface area contributed by atoms with E-state index in [2.05, 4.69) is 19.2 Å². The van der Waals surface area contributed by atoms with Gasteiger partial charge in [0, 0.05) is 5.75 Å². The Morgan fingerprint density at radius 3 is 2.30 bits per heavy atom. The molecule has 0 rings (SSSR count). The van der Waals surface area contributed by atoms with Gasteiger partial charge in [-0.25, -0.2) is 0 Å². The Balaban J connectivity index is 0. The molecule has 0 amide bonds. The lowest BCUT2D eigenvalue weighted by Crippen LogP contribution is -2.31. The summed E-state index contributed by atoms with van der Waals surface area (Å²) in [4.78, 5) is 9.76. The van der Waals surface area contributed by atoms with Crippen LogP contribution in [-0.2, 0) is 4.79 Å². The molecule has 1 unspecified atom stereocenters. The summed E-state index contributed by atoms with van der Waals surface area (Å²) >= 11 is 3.65. The van der Waals surface area contributed by atoms with Gasteiger partial charge in [-0.1, -0.05) is 6.08 Å². The summed E-state index contributed by atoms with van der Waals surface area (Å²) in [6, 6.07) is -0.816. The van der Waals surface area contributed by atoms with Crippen molar-refractivity contribution >= 4 is 18.6 Å². The molecule has 0 aromatic carbocycles. The van der Waals surface area contributed by atoms with E-state index in [4.69, 9.17) is 10.8 Å². The molecule has 0 fully saturated rings. The third-order valence-corrected chi connectivity index (χ3v) is 0.907. The van der Waals surface area contributed by atoms with Gasteiger partial charge in [0.05, 0.1) is 0 Å². The van der Waals surface area contributed by atoms with E-state index in [1.165, 1.54) is 0 Å². The molecule has 0 aliphatic carbocycles. The predicted molar refractivity (Wildman–Crippen MR) is 45.3 cm³/mol. The number of hydrogen-bond acceptors (Lipinski definition) is 3. The Morgan fingerprint density at radius 1 is 2.00 bits per heavy atom. The predicted octanol–water partition coefficient (Wildman–Crippen LogP) is 0.520. The minimum Gasteiger partial charge on any atom is -0.480 e. The highest BCUT2D eigenvalue weighted by Gasteiger charge is 2.06. The first kappa shape index (κ1) is 12.2. The van der Waals surface area contributed by atoms with Crippen LogP contribution in [0.5, 0.6) is 0 Å². The highest BCUT2D eigenvalue weighted by atomic mass is 32.1. The second-order valence-electron chi connectivity index (χ2n) is 1.54. The van der Waals surface area contributed by atoms with Crippen molar-refractivity contribution < 1.29 is 9.90 Å². The Morgan fingerprint density at radius 2 is 2.30 bits per heavy atom. The molecule has 10 heavy (non-hydrogen) atoms. The molecule has 0 aliphatic heterocycles. The number of carboxylic acid groups (broad SMARTS) is 1. The van der Waals surface area contributed by atoms with Crippen molar-refractivity contribution in [2.75, 3.05) is 5.75 Å². The monoisotopic (exact) mass is 163 g/mol. The first-order valence-corrected chi connectivity index (χ1v) is 3.39. The molecule has 0 radical (unpaired) electrons. The van der Waals surface area contributed by atoms with Crippen molar-refractivity contribution in [3.63, 3.8) is 0 Å². The van der Waals surface area contributed by atoms with Crippen LogP contribution in [0.25, 0.3) is 0 Å². The fraction of sp³-hybridized carbons (Fsp3) is 0.500. The summed E-state index contributed by atoms with van der Waals surface area (Å²) in [6.07, 6.45) is 1.75. The molecular weight excluding hydrogens is 150 g/mol. The number of carboxylic acids is 1. The zero-order chi connectivity index (χ0) is 8.57. The van der Waals surface area contributed by atoms with Crippen LogP contribution >= 0.6 is 12.6 Å². The van der Waals surface area contributed by atoms with Crippen molar-refractivity contribution in [1.29, 1.82) is 0 Å². The molecular formula is C6H13NO2S. The van der Waals surface area contributed by atoms with Crippen molar-refractivity contribution in [2.24, 2.45) is 5.73 Å². The van der Waals surface area contributed by atoms with E-state index in [-0.39, 0.29) is 5.75 Å². The minimum absolute atomic E-state index is 0.190. The van der Waals surface area contributed by atoms with E-state index in [0.29, 0.717) is 0 Å². The quantitative estimate of drug-likeness (QED) is 0.411. The zero-order valence-corrected chi connectivity index (χ0v) is 6.84. The van der Waals surface area contributed by atoms with Crippen molar-refractivity contribution in [3.8, 4) is 0 Å². The third kappa shape index (κ3) is 10.5. The third-order valence-electron chi connectivity index (χ3n) is 0.514. The number of rotatable bonds is 2. The van der Waals surface area contributed by atoms with Gasteiger partial charge in [-0.05, 0) is 6.92 Å². The van der Waals surface area contributed by atoms with E-state index < -0.39 is 12.0 Å². The first-order chi connectivity index (χ1) is 4.59. The SMILES string of the molecule is C=CC.NC(CS)C(=O)O. The van der Waals surface area contributed by atoms with Gasteiger partial charge in [-0.15, -0.1) is 6.58 Å². The molecule has 3 N–H and O–H groups in total. The fourth-order valence-electron chi connectivity index (χ4n) is 0.0781. The molecule has 0 saturated heterocycles. The minimum atomic E-state index is -1.00. The van der Waals surface area contributed by atoms with Crippen molar-refractivity contribution in [1.82, 2.24) is 0 Å². The molecule has 1 atom stereocenters. The number of aliphatic carboxylic acids is 1. The van der Waals surface area contributed by atoms with Crippen LogP contribution in [0.2, 0.25) is 0 Å². The van der Waals surface area contributed by atoms with E-state index in [1.54, 1.807) is 6.08 Å². The second-order valence-corrected chi connectivity index (χ2v) is 1.90. The summed E-state index contributed by atoms with van der Waals surface area (Å²) in [7, 11) is 0. The normalized spacial score (nSPS) is 10.7. The van der Waals surface area contributed by atoms with E-state index >= 15 is 0 Å². The lowest BCUT2D eigenvalue weighted by molar-refractivity contribution is -0.137. The van der Waals surface area contributed by atoms with Gasteiger partial charge < -0.3 is 10.8 Å². The lowest BCUT2D eigenvalue weighted by atomic mass is 10.4. The Hall–Kier alpha value is -0.480. The van der Waals surface area contributed by atoms with Gasteiger partial charge >= 0.3 is 5.97 Å². The fourth-order valence-corrected chi connectivity index (χ4v) is 0.234. The molecule has 60 valence electrons. The van der Waals surface area contributed by atoms with E-state index in [1.807, 2.05) is 6.92 Å². The molecule has 0 aromatic rings. The maximum Gasteiger partial charge on any atom is 0.321 e. The number of nitrogens with two attached hydrogens (primary N) is 1. The average Bonchev–Trinajstić information content (AvgIpc) is 1.88. The van der Waals surface area contributed by atoms with Crippen molar-refractivity contribution in [2.45, 2.75) is 13.0 Å². The maximum atomic E-state index is 9.76. The summed E-state index contributed by atoms with van der Waals surface area (Å²) in [5, 5.41) is 8.01. The number of carbonyl (C=O) groups is 1. The lowest BCUT2D eigenvalue weighted by Gasteiger charge is -1.96. The average molecular weight is 163 g/mol. The van der Waals surface area contributed by atoms with Gasteiger partial charge in [0.1, 0.15) is 6.04 Å². The van der Waals surface area contributed by atoms with Crippen LogP contribution in [-0.4, -0.2) is 22.9 Å². The van der Waals surface area contributed by atoms with Crippen LogP contribution in [0.15, 0.2) is 12.7 Å². The Bertz CT molecular complexity index is 106. The van der Waals surface area contributed by atoms with Gasteiger partial charge in [0.15, 0.2) is 0 Å². The van der Waals surface area contributed by atoms with Crippen LogP contribution < -0.4 is 5.73 Å². The van der Waals surface area contributed by atoms with E-state index in [0.717, 1.165) is 0 Å². The highest BCUT2D eigenvalue weighted by molar-refractivity contribution is 7.80. The molecule has 0 bridgehead atoms. The number of thiol groups is 1. The maximum absolute atomic E-state index is 9.76. The smallest absolute Gasteiger partial charge is 0.321 e. The Kier molecular flexibility index (Phi) is 10.4. The molecule has 0 saturated carbocycles. The van der Waals surface area contributed by atoms with Crippen LogP contribution in [0.4, 0.5) is 0 Å². The number of hydrogen-bond donors (Lipinski definition) is 3. The summed E-state index contributed by atoms with van der Waals surface area (Å²) in [5.74, 6) is -0.815. The molecule has 0 aliphatic rings. The number of allylic oxidation sites excluding steroid dienone is 1.